The molecule has 1 aliphatic heterocycles. The zero-order valence-corrected chi connectivity index (χ0v) is 18.2. The third-order valence-electron chi connectivity index (χ3n) is 5.22. The normalized spacial score (nSPS) is 15.3. The van der Waals surface area contributed by atoms with Crippen molar-refractivity contribution in [1.29, 1.82) is 0 Å². The van der Waals surface area contributed by atoms with Crippen molar-refractivity contribution in [3.05, 3.63) is 96.6 Å². The first-order valence-corrected chi connectivity index (χ1v) is 12.6. The number of carbonyl (C=O) groups excluding carboxylic acids is 1. The van der Waals surface area contributed by atoms with Gasteiger partial charge in [0.25, 0.3) is 0 Å². The summed E-state index contributed by atoms with van der Waals surface area (Å²) in [5.74, 6) is 0.0471. The Hall–Kier alpha value is -2.91. The number of ketones is 1. The number of rotatable bonds is 5. The maximum absolute atomic E-state index is 13.5. The first kappa shape index (κ1) is 21.0. The number of hydrogen-bond donors (Lipinski definition) is 0. The van der Waals surface area contributed by atoms with Crippen molar-refractivity contribution in [3.63, 3.8) is 0 Å². The summed E-state index contributed by atoms with van der Waals surface area (Å²) >= 11 is 0. The fraction of sp³-hybridized carbons (Fsp3) is 0.0417. The van der Waals surface area contributed by atoms with Crippen molar-refractivity contribution < 1.29 is 37.5 Å². The van der Waals surface area contributed by atoms with E-state index in [0.29, 0.717) is 26.9 Å². The second kappa shape index (κ2) is 7.90. The van der Waals surface area contributed by atoms with E-state index in [0.717, 1.165) is 10.8 Å². The largest absolute Gasteiger partial charge is 0.455 e. The first-order valence-electron chi connectivity index (χ1n) is 9.67. The van der Waals surface area contributed by atoms with Crippen LogP contribution in [0.1, 0.15) is 10.4 Å². The molecule has 0 bridgehead atoms. The van der Waals surface area contributed by atoms with Gasteiger partial charge in [0.1, 0.15) is 15.2 Å². The summed E-state index contributed by atoms with van der Waals surface area (Å²) < 4.78 is 46.8. The minimum Gasteiger partial charge on any atom is -0.455 e. The Morgan fingerprint density at radius 1 is 0.781 bits per heavy atom. The average Bonchev–Trinajstić information content (AvgIpc) is 2.78. The summed E-state index contributed by atoms with van der Waals surface area (Å²) in [5, 5.41) is 1.86. The lowest BCUT2D eigenvalue weighted by Crippen LogP contribution is -2.61. The molecule has 0 fully saturated rings. The highest BCUT2D eigenvalue weighted by Gasteiger charge is 2.51. The molecule has 5 rings (SSSR count). The highest BCUT2D eigenvalue weighted by molar-refractivity contribution is 8.30. The van der Waals surface area contributed by atoms with E-state index in [-0.39, 0.29) is 11.5 Å². The van der Waals surface area contributed by atoms with Gasteiger partial charge in [-0.25, -0.2) is 0 Å². The molecule has 162 valence electrons. The number of carbonyl (C=O) groups is 1. The molecule has 0 saturated heterocycles. The number of hydrogen-bond acceptors (Lipinski definition) is 6. The van der Waals surface area contributed by atoms with Gasteiger partial charge in [-0.2, -0.15) is 14.0 Å². The third kappa shape index (κ3) is 3.75. The molecule has 0 unspecified atom stereocenters. The van der Waals surface area contributed by atoms with Crippen molar-refractivity contribution in [2.24, 2.45) is 0 Å². The molecule has 1 heterocycles. The lowest BCUT2D eigenvalue weighted by Gasteiger charge is -2.38. The van der Waals surface area contributed by atoms with Crippen LogP contribution in [-0.4, -0.2) is 11.5 Å². The predicted octanol–water partition coefficient (Wildman–Crippen LogP) is 2.88. The van der Waals surface area contributed by atoms with Gasteiger partial charge in [-0.3, -0.25) is 4.79 Å². The van der Waals surface area contributed by atoms with Crippen LogP contribution in [0.3, 0.4) is 0 Å². The van der Waals surface area contributed by atoms with Gasteiger partial charge >= 0.3 is 0 Å². The van der Waals surface area contributed by atoms with E-state index in [4.69, 9.17) is 8.47 Å². The lowest BCUT2D eigenvalue weighted by atomic mass is 10.1. The summed E-state index contributed by atoms with van der Waals surface area (Å²) in [6, 6.07) is 26.3. The van der Waals surface area contributed by atoms with Gasteiger partial charge in [0.2, 0.25) is 0 Å². The standard InChI is InChI=1S/C24H17ClO6S/c26-20(19-14-13-17-7-1-2-8-18(17)15-19)16-32(31-25(27,28)29)23-11-5-3-9-21(23)30-22-10-4-6-12-24(22)32/h1-15H,16H2. The monoisotopic (exact) mass is 468 g/mol. The van der Waals surface area contributed by atoms with Crippen molar-refractivity contribution in [2.45, 2.75) is 9.79 Å². The Bertz CT molecular complexity index is 1290. The molecule has 8 heteroatoms. The van der Waals surface area contributed by atoms with Crippen LogP contribution in [0.15, 0.2) is 101 Å². The number of para-hydroxylation sites is 2. The molecule has 0 aromatic heterocycles. The first-order chi connectivity index (χ1) is 15.4. The van der Waals surface area contributed by atoms with Gasteiger partial charge in [0, 0.05) is 5.56 Å². The minimum absolute atomic E-state index is 0.322. The molecule has 1 aliphatic rings. The summed E-state index contributed by atoms with van der Waals surface area (Å²) in [5.41, 5.74) is 0.403. The SMILES string of the molecule is O=C(CS1(O[Cl+3]([O-])([O-])[O-])c2ccccc2Oc2ccccc21)c1ccc2ccccc2c1. The molecular weight excluding hydrogens is 452 g/mol. The van der Waals surface area contributed by atoms with Crippen LogP contribution < -0.4 is 18.7 Å². The quantitative estimate of drug-likeness (QED) is 0.417. The molecular formula is C24H17ClO6S. The van der Waals surface area contributed by atoms with Crippen LogP contribution in [0.5, 0.6) is 11.5 Å². The fourth-order valence-corrected chi connectivity index (χ4v) is 8.18. The Balaban J connectivity index is 1.67. The second-order valence-corrected chi connectivity index (χ2v) is 11.0. The van der Waals surface area contributed by atoms with Crippen LogP contribution in [0.4, 0.5) is 0 Å². The van der Waals surface area contributed by atoms with Gasteiger partial charge in [0.05, 0.1) is 36.1 Å². The third-order valence-corrected chi connectivity index (χ3v) is 9.46. The lowest BCUT2D eigenvalue weighted by molar-refractivity contribution is -1.91. The van der Waals surface area contributed by atoms with Gasteiger partial charge < -0.3 is 4.74 Å². The zero-order chi connectivity index (χ0) is 22.3. The van der Waals surface area contributed by atoms with E-state index in [9.17, 15) is 18.8 Å². The molecule has 0 atom stereocenters. The van der Waals surface area contributed by atoms with Crippen molar-refractivity contribution in [1.82, 2.24) is 0 Å². The predicted molar refractivity (Wildman–Crippen MR) is 111 cm³/mol. The van der Waals surface area contributed by atoms with Gasteiger partial charge in [-0.05, 0) is 41.1 Å². The van der Waals surface area contributed by atoms with Gasteiger partial charge in [-0.1, -0.05) is 60.7 Å². The molecule has 0 radical (unpaired) electrons. The van der Waals surface area contributed by atoms with E-state index < -0.39 is 20.6 Å². The average molecular weight is 469 g/mol. The number of halogens is 1. The number of benzene rings is 4. The molecule has 6 nitrogen and oxygen atoms in total. The summed E-state index contributed by atoms with van der Waals surface area (Å²) in [6.45, 7) is 0. The van der Waals surface area contributed by atoms with Crippen LogP contribution in [0.2, 0.25) is 0 Å². The van der Waals surface area contributed by atoms with Crippen molar-refractivity contribution in [2.75, 3.05) is 5.75 Å². The van der Waals surface area contributed by atoms with Gasteiger partial charge in [0.15, 0.2) is 5.78 Å². The van der Waals surface area contributed by atoms with E-state index in [1.807, 2.05) is 30.3 Å². The molecule has 4 aromatic carbocycles. The number of ether oxygens (including phenoxy) is 1. The molecule has 0 aliphatic carbocycles. The molecule has 0 spiro atoms. The Morgan fingerprint density at radius 2 is 1.34 bits per heavy atom. The number of fused-ring (bicyclic) bond motifs is 3. The maximum atomic E-state index is 13.5. The summed E-state index contributed by atoms with van der Waals surface area (Å²) in [7, 11) is -7.90. The molecule has 0 N–H and O–H groups in total. The smallest absolute Gasteiger partial charge is 0.174 e. The van der Waals surface area contributed by atoms with Crippen molar-refractivity contribution in [3.8, 4) is 11.5 Å². The topological polar surface area (TPSA) is 105 Å². The summed E-state index contributed by atoms with van der Waals surface area (Å²) in [4.78, 5) is 14.2. The van der Waals surface area contributed by atoms with E-state index >= 15 is 0 Å². The highest BCUT2D eigenvalue weighted by atomic mass is 35.7. The molecule has 0 amide bonds. The van der Waals surface area contributed by atoms with E-state index in [2.05, 4.69) is 0 Å². The van der Waals surface area contributed by atoms with Crippen molar-refractivity contribution >= 4 is 26.9 Å². The molecule has 4 aromatic rings. The minimum atomic E-state index is -4.83. The second-order valence-electron chi connectivity index (χ2n) is 7.24. The van der Waals surface area contributed by atoms with Crippen LogP contribution in [-0.2, 0) is 3.74 Å². The van der Waals surface area contributed by atoms with Gasteiger partial charge in [-0.15, -0.1) is 0 Å². The fourth-order valence-electron chi connectivity index (χ4n) is 3.86. The molecule has 0 saturated carbocycles. The number of Topliss-reactive ketones (excluding diaryl/α,β-unsaturated/α-hetero) is 1. The molecule has 32 heavy (non-hydrogen) atoms. The summed E-state index contributed by atoms with van der Waals surface area (Å²) in [6.07, 6.45) is 0. The van der Waals surface area contributed by atoms with Crippen LogP contribution >= 0.6 is 10.3 Å². The Kier molecular flexibility index (Phi) is 5.17. The zero-order valence-electron chi connectivity index (χ0n) is 16.6. The Morgan fingerprint density at radius 3 is 1.97 bits per heavy atom. The maximum Gasteiger partial charge on any atom is 0.174 e. The highest BCUT2D eigenvalue weighted by Crippen LogP contribution is 2.71. The van der Waals surface area contributed by atoms with E-state index in [1.165, 1.54) is 0 Å². The van der Waals surface area contributed by atoms with Crippen LogP contribution in [0, 0.1) is 10.2 Å². The van der Waals surface area contributed by atoms with E-state index in [1.54, 1.807) is 60.7 Å². The van der Waals surface area contributed by atoms with Crippen LogP contribution in [0.25, 0.3) is 10.8 Å². The Labute approximate surface area is 187 Å².